The van der Waals surface area contributed by atoms with Crippen molar-refractivity contribution in [3.8, 4) is 0 Å². The Hall–Kier alpha value is -3.17. The first-order valence-corrected chi connectivity index (χ1v) is 10.6. The van der Waals surface area contributed by atoms with Gasteiger partial charge < -0.3 is 15.6 Å². The fraction of sp³-hybridized carbons (Fsp3) is 0.143. The Morgan fingerprint density at radius 3 is 2.74 bits per heavy atom. The van der Waals surface area contributed by atoms with Crippen LogP contribution in [0.2, 0.25) is 5.02 Å². The summed E-state index contributed by atoms with van der Waals surface area (Å²) in [6.07, 6.45) is -0.213. The Balaban J connectivity index is 1.58. The minimum absolute atomic E-state index is 0.0628. The summed E-state index contributed by atoms with van der Waals surface area (Å²) in [5.74, 6) is -2.04. The highest BCUT2D eigenvalue weighted by Crippen LogP contribution is 2.31. The first-order chi connectivity index (χ1) is 14.9. The quantitative estimate of drug-likeness (QED) is 0.397. The number of hydrogen-bond acceptors (Lipinski definition) is 5. The number of amides is 2. The molecule has 158 valence electrons. The van der Waals surface area contributed by atoms with Crippen LogP contribution in [0.5, 0.6) is 0 Å². The second-order valence-corrected chi connectivity index (χ2v) is 8.20. The number of carbonyl (C=O) groups excluding carboxylic acids is 2. The molecule has 0 aliphatic carbocycles. The molecule has 1 aliphatic heterocycles. The van der Waals surface area contributed by atoms with Gasteiger partial charge in [-0.3, -0.25) is 14.4 Å². The number of fused-ring (bicyclic) bond motifs is 1. The van der Waals surface area contributed by atoms with Gasteiger partial charge in [0.2, 0.25) is 11.8 Å². The number of aromatic nitrogens is 2. The molecule has 3 N–H and O–H groups in total. The van der Waals surface area contributed by atoms with Crippen LogP contribution in [0.3, 0.4) is 0 Å². The Kier molecular flexibility index (Phi) is 6.06. The van der Waals surface area contributed by atoms with Crippen LogP contribution in [0.25, 0.3) is 0 Å². The van der Waals surface area contributed by atoms with E-state index in [2.05, 4.69) is 20.6 Å². The minimum atomic E-state index is -1.04. The largest absolute Gasteiger partial charge is 0.325 e. The summed E-state index contributed by atoms with van der Waals surface area (Å²) < 4.78 is 13.3. The summed E-state index contributed by atoms with van der Waals surface area (Å²) >= 11 is 7.05. The van der Waals surface area contributed by atoms with E-state index in [4.69, 9.17) is 11.6 Å². The zero-order valence-electron chi connectivity index (χ0n) is 15.9. The van der Waals surface area contributed by atoms with E-state index in [9.17, 15) is 18.8 Å². The summed E-state index contributed by atoms with van der Waals surface area (Å²) in [7, 11) is 0. The first kappa shape index (κ1) is 21.1. The average molecular weight is 459 g/mol. The molecule has 3 aromatic rings. The summed E-state index contributed by atoms with van der Waals surface area (Å²) in [6.45, 7) is 0. The predicted molar refractivity (Wildman–Crippen MR) is 117 cm³/mol. The summed E-state index contributed by atoms with van der Waals surface area (Å²) in [5.41, 5.74) is 0.877. The van der Waals surface area contributed by atoms with Crippen molar-refractivity contribution < 1.29 is 14.0 Å². The van der Waals surface area contributed by atoms with E-state index >= 15 is 0 Å². The second-order valence-electron chi connectivity index (χ2n) is 6.83. The van der Waals surface area contributed by atoms with Crippen molar-refractivity contribution in [3.63, 3.8) is 0 Å². The van der Waals surface area contributed by atoms with E-state index in [-0.39, 0.29) is 28.5 Å². The van der Waals surface area contributed by atoms with Gasteiger partial charge in [0.1, 0.15) is 11.6 Å². The van der Waals surface area contributed by atoms with Crippen LogP contribution >= 0.6 is 23.4 Å². The van der Waals surface area contributed by atoms with E-state index < -0.39 is 29.1 Å². The molecule has 1 aliphatic rings. The molecular formula is C21H16ClFN4O3S. The summed E-state index contributed by atoms with van der Waals surface area (Å²) in [6, 6.07) is 13.4. The number of hydrogen-bond donors (Lipinski definition) is 3. The Labute approximate surface area is 185 Å². The topological polar surface area (TPSA) is 104 Å². The van der Waals surface area contributed by atoms with Crippen molar-refractivity contribution >= 4 is 46.7 Å². The zero-order chi connectivity index (χ0) is 22.0. The highest BCUT2D eigenvalue weighted by atomic mass is 35.5. The molecule has 2 heterocycles. The highest BCUT2D eigenvalue weighted by molar-refractivity contribution is 7.98. The number of thioether (sulfide) groups is 1. The number of carbonyl (C=O) groups is 2. The predicted octanol–water partition coefficient (Wildman–Crippen LogP) is 3.92. The minimum Gasteiger partial charge on any atom is -0.325 e. The molecule has 0 radical (unpaired) electrons. The lowest BCUT2D eigenvalue weighted by Crippen LogP contribution is -2.36. The number of nitrogens with one attached hydrogen (secondary N) is 3. The first-order valence-electron chi connectivity index (χ1n) is 9.27. The number of benzene rings is 2. The molecule has 0 spiro atoms. The SMILES string of the molecule is O=C1CC(C(=O)Nc2ccc(F)c(Cl)c2)c2c(nc(SCc3ccccc3)[nH]c2=O)N1. The maximum atomic E-state index is 13.3. The van der Waals surface area contributed by atoms with Gasteiger partial charge in [0, 0.05) is 17.9 Å². The van der Waals surface area contributed by atoms with Crippen LogP contribution < -0.4 is 16.2 Å². The van der Waals surface area contributed by atoms with Crippen LogP contribution in [-0.2, 0) is 15.3 Å². The van der Waals surface area contributed by atoms with Crippen molar-refractivity contribution in [2.24, 2.45) is 0 Å². The summed E-state index contributed by atoms with van der Waals surface area (Å²) in [5, 5.41) is 5.32. The molecule has 31 heavy (non-hydrogen) atoms. The van der Waals surface area contributed by atoms with Crippen LogP contribution in [0.15, 0.2) is 58.5 Å². The standard InChI is InChI=1S/C21H16ClFN4O3S/c22-14-8-12(6-7-15(14)23)24-19(29)13-9-16(28)25-18-17(13)20(30)27-21(26-18)31-10-11-4-2-1-3-5-11/h1-8,13H,9-10H2,(H,24,29)(H2,25,26,27,28,30). The molecule has 7 nitrogen and oxygen atoms in total. The molecular weight excluding hydrogens is 443 g/mol. The van der Waals surface area contributed by atoms with E-state index in [1.165, 1.54) is 23.9 Å². The second kappa shape index (κ2) is 8.91. The van der Waals surface area contributed by atoms with E-state index in [1.54, 1.807) is 0 Å². The lowest BCUT2D eigenvalue weighted by Gasteiger charge is -2.23. The van der Waals surface area contributed by atoms with Gasteiger partial charge in [-0.1, -0.05) is 53.7 Å². The number of nitrogens with zero attached hydrogens (tertiary/aromatic N) is 1. The highest BCUT2D eigenvalue weighted by Gasteiger charge is 2.34. The van der Waals surface area contributed by atoms with Crippen LogP contribution in [0.1, 0.15) is 23.5 Å². The van der Waals surface area contributed by atoms with Crippen LogP contribution in [0.4, 0.5) is 15.9 Å². The van der Waals surface area contributed by atoms with Crippen molar-refractivity contribution in [3.05, 3.63) is 80.9 Å². The van der Waals surface area contributed by atoms with Gasteiger partial charge in [-0.05, 0) is 23.8 Å². The Bertz CT molecular complexity index is 1220. The van der Waals surface area contributed by atoms with Gasteiger partial charge in [0.05, 0.1) is 16.5 Å². The molecule has 1 atom stereocenters. The number of anilines is 2. The fourth-order valence-electron chi connectivity index (χ4n) is 3.17. The molecule has 4 rings (SSSR count). The molecule has 0 saturated heterocycles. The molecule has 0 fully saturated rings. The number of H-pyrrole nitrogens is 1. The van der Waals surface area contributed by atoms with Crippen molar-refractivity contribution in [2.75, 3.05) is 10.6 Å². The fourth-order valence-corrected chi connectivity index (χ4v) is 4.17. The van der Waals surface area contributed by atoms with Gasteiger partial charge in [0.15, 0.2) is 5.16 Å². The van der Waals surface area contributed by atoms with E-state index in [1.807, 2.05) is 30.3 Å². The summed E-state index contributed by atoms with van der Waals surface area (Å²) in [4.78, 5) is 44.7. The molecule has 1 aromatic heterocycles. The number of aromatic amines is 1. The van der Waals surface area contributed by atoms with Crippen molar-refractivity contribution in [1.29, 1.82) is 0 Å². The molecule has 10 heteroatoms. The van der Waals surface area contributed by atoms with Gasteiger partial charge in [-0.15, -0.1) is 0 Å². The van der Waals surface area contributed by atoms with Gasteiger partial charge in [-0.2, -0.15) is 0 Å². The van der Waals surface area contributed by atoms with E-state index in [0.29, 0.717) is 10.9 Å². The van der Waals surface area contributed by atoms with E-state index in [0.717, 1.165) is 11.6 Å². The normalized spacial score (nSPS) is 15.2. The van der Waals surface area contributed by atoms with Gasteiger partial charge >= 0.3 is 0 Å². The van der Waals surface area contributed by atoms with Crippen molar-refractivity contribution in [1.82, 2.24) is 9.97 Å². The van der Waals surface area contributed by atoms with Gasteiger partial charge in [-0.25, -0.2) is 9.37 Å². The molecule has 0 bridgehead atoms. The third kappa shape index (κ3) is 4.78. The molecule has 2 amide bonds. The zero-order valence-corrected chi connectivity index (χ0v) is 17.5. The third-order valence-electron chi connectivity index (χ3n) is 4.65. The number of rotatable bonds is 5. The monoisotopic (exact) mass is 458 g/mol. The lowest BCUT2D eigenvalue weighted by molar-refractivity contribution is -0.123. The number of halogens is 2. The van der Waals surface area contributed by atoms with Crippen LogP contribution in [0, 0.1) is 5.82 Å². The Morgan fingerprint density at radius 1 is 1.23 bits per heavy atom. The molecule has 0 saturated carbocycles. The maximum absolute atomic E-state index is 13.3. The molecule has 2 aromatic carbocycles. The van der Waals surface area contributed by atoms with Crippen LogP contribution in [-0.4, -0.2) is 21.8 Å². The maximum Gasteiger partial charge on any atom is 0.257 e. The lowest BCUT2D eigenvalue weighted by atomic mass is 9.92. The Morgan fingerprint density at radius 2 is 2.00 bits per heavy atom. The van der Waals surface area contributed by atoms with Gasteiger partial charge in [0.25, 0.3) is 5.56 Å². The smallest absolute Gasteiger partial charge is 0.257 e. The third-order valence-corrected chi connectivity index (χ3v) is 5.89. The molecule has 1 unspecified atom stereocenters. The average Bonchev–Trinajstić information content (AvgIpc) is 2.74. The van der Waals surface area contributed by atoms with Crippen molar-refractivity contribution in [2.45, 2.75) is 23.2 Å².